The highest BCUT2D eigenvalue weighted by Gasteiger charge is 2.22. The molecule has 5 nitrogen and oxygen atoms in total. The van der Waals surface area contributed by atoms with Crippen molar-refractivity contribution in [2.75, 3.05) is 6.54 Å². The summed E-state index contributed by atoms with van der Waals surface area (Å²) >= 11 is 0. The fraction of sp³-hybridized carbons (Fsp3) is 0.643. The molecule has 19 heavy (non-hydrogen) atoms. The van der Waals surface area contributed by atoms with E-state index in [0.717, 1.165) is 12.8 Å². The molecule has 0 aromatic rings. The van der Waals surface area contributed by atoms with Crippen molar-refractivity contribution in [1.82, 2.24) is 5.32 Å². The van der Waals surface area contributed by atoms with Crippen molar-refractivity contribution in [2.24, 2.45) is 0 Å². The Morgan fingerprint density at radius 2 is 2.11 bits per heavy atom. The number of allylic oxidation sites excluding steroid dienone is 2. The Hall–Kier alpha value is -1.33. The van der Waals surface area contributed by atoms with Crippen LogP contribution in [-0.4, -0.2) is 40.7 Å². The Labute approximate surface area is 114 Å². The summed E-state index contributed by atoms with van der Waals surface area (Å²) < 4.78 is 5.04. The molecule has 0 aromatic carbocycles. The molecule has 0 saturated heterocycles. The monoisotopic (exact) mass is 269 g/mol. The van der Waals surface area contributed by atoms with Gasteiger partial charge in [0.05, 0.1) is 0 Å². The molecule has 2 atom stereocenters. The van der Waals surface area contributed by atoms with Crippen LogP contribution in [0.2, 0.25) is 0 Å². The second-order valence-corrected chi connectivity index (χ2v) is 5.58. The SMILES string of the molecule is CC(C)(C)OC(=O)NCC(O)C(O)C1=CCCC=C1. The first kappa shape index (κ1) is 15.7. The molecule has 1 amide bonds. The van der Waals surface area contributed by atoms with Crippen molar-refractivity contribution in [1.29, 1.82) is 0 Å². The Balaban J connectivity index is 2.38. The maximum atomic E-state index is 11.4. The van der Waals surface area contributed by atoms with Crippen molar-refractivity contribution >= 4 is 6.09 Å². The molecule has 0 saturated carbocycles. The van der Waals surface area contributed by atoms with Gasteiger partial charge in [0.2, 0.25) is 0 Å². The van der Waals surface area contributed by atoms with Crippen LogP contribution >= 0.6 is 0 Å². The molecular formula is C14H23NO4. The molecule has 0 heterocycles. The first-order valence-electron chi connectivity index (χ1n) is 6.49. The number of nitrogens with one attached hydrogen (secondary N) is 1. The largest absolute Gasteiger partial charge is 0.444 e. The summed E-state index contributed by atoms with van der Waals surface area (Å²) in [6, 6.07) is 0. The number of carbonyl (C=O) groups is 1. The highest BCUT2D eigenvalue weighted by Crippen LogP contribution is 2.15. The van der Waals surface area contributed by atoms with E-state index in [2.05, 4.69) is 5.32 Å². The molecule has 0 fully saturated rings. The van der Waals surface area contributed by atoms with Crippen molar-refractivity contribution < 1.29 is 19.7 Å². The van der Waals surface area contributed by atoms with Crippen LogP contribution in [0.25, 0.3) is 0 Å². The number of aliphatic hydroxyl groups excluding tert-OH is 2. The van der Waals surface area contributed by atoms with Crippen LogP contribution in [0.15, 0.2) is 23.8 Å². The first-order valence-corrected chi connectivity index (χ1v) is 6.49. The molecule has 108 valence electrons. The zero-order valence-corrected chi connectivity index (χ0v) is 11.7. The Bertz CT molecular complexity index is 368. The van der Waals surface area contributed by atoms with Gasteiger partial charge in [0.25, 0.3) is 0 Å². The van der Waals surface area contributed by atoms with E-state index >= 15 is 0 Å². The van der Waals surface area contributed by atoms with Crippen molar-refractivity contribution in [3.63, 3.8) is 0 Å². The quantitative estimate of drug-likeness (QED) is 0.723. The van der Waals surface area contributed by atoms with Crippen LogP contribution < -0.4 is 5.32 Å². The van der Waals surface area contributed by atoms with E-state index < -0.39 is 23.9 Å². The number of alkyl carbamates (subject to hydrolysis) is 1. The lowest BCUT2D eigenvalue weighted by atomic mass is 9.98. The minimum atomic E-state index is -1.05. The molecule has 2 unspecified atom stereocenters. The van der Waals surface area contributed by atoms with Crippen LogP contribution in [0.5, 0.6) is 0 Å². The van der Waals surface area contributed by atoms with Gasteiger partial charge in [-0.05, 0) is 39.2 Å². The van der Waals surface area contributed by atoms with Crippen LogP contribution in [0, 0.1) is 0 Å². The highest BCUT2D eigenvalue weighted by atomic mass is 16.6. The number of ether oxygens (including phenoxy) is 1. The lowest BCUT2D eigenvalue weighted by Crippen LogP contribution is -2.41. The van der Waals surface area contributed by atoms with E-state index in [9.17, 15) is 15.0 Å². The molecule has 0 radical (unpaired) electrons. The molecule has 1 rings (SSSR count). The van der Waals surface area contributed by atoms with E-state index in [4.69, 9.17) is 4.74 Å². The smallest absolute Gasteiger partial charge is 0.407 e. The Morgan fingerprint density at radius 3 is 2.63 bits per heavy atom. The zero-order valence-electron chi connectivity index (χ0n) is 11.7. The molecule has 1 aliphatic carbocycles. The molecule has 3 N–H and O–H groups in total. The van der Waals surface area contributed by atoms with Crippen molar-refractivity contribution in [3.8, 4) is 0 Å². The van der Waals surface area contributed by atoms with E-state index in [-0.39, 0.29) is 6.54 Å². The molecule has 0 aromatic heterocycles. The number of aliphatic hydroxyl groups is 2. The van der Waals surface area contributed by atoms with Gasteiger partial charge in [-0.2, -0.15) is 0 Å². The standard InChI is InChI=1S/C14H23NO4/c1-14(2,3)19-13(18)15-9-11(16)12(17)10-7-5-4-6-8-10/h5,7-8,11-12,16-17H,4,6,9H2,1-3H3,(H,15,18). The van der Waals surface area contributed by atoms with Gasteiger partial charge in [-0.15, -0.1) is 0 Å². The number of amides is 1. The third-order valence-electron chi connectivity index (χ3n) is 2.58. The number of rotatable bonds is 4. The summed E-state index contributed by atoms with van der Waals surface area (Å²) in [6.45, 7) is 5.22. The van der Waals surface area contributed by atoms with Gasteiger partial charge < -0.3 is 20.3 Å². The second kappa shape index (κ2) is 6.73. The van der Waals surface area contributed by atoms with Gasteiger partial charge in [0.1, 0.15) is 17.8 Å². The lowest BCUT2D eigenvalue weighted by molar-refractivity contribution is 0.0302. The predicted octanol–water partition coefficient (Wildman–Crippen LogP) is 1.51. The van der Waals surface area contributed by atoms with Crippen LogP contribution in [0.3, 0.4) is 0 Å². The van der Waals surface area contributed by atoms with E-state index in [1.165, 1.54) is 0 Å². The second-order valence-electron chi connectivity index (χ2n) is 5.58. The molecular weight excluding hydrogens is 246 g/mol. The molecule has 0 bridgehead atoms. The van der Waals surface area contributed by atoms with E-state index in [1.807, 2.05) is 12.2 Å². The Morgan fingerprint density at radius 1 is 1.42 bits per heavy atom. The van der Waals surface area contributed by atoms with Gasteiger partial charge in [0, 0.05) is 6.54 Å². The summed E-state index contributed by atoms with van der Waals surface area (Å²) in [5, 5.41) is 22.2. The van der Waals surface area contributed by atoms with Gasteiger partial charge in [-0.25, -0.2) is 4.79 Å². The fourth-order valence-electron chi connectivity index (χ4n) is 1.69. The van der Waals surface area contributed by atoms with Crippen molar-refractivity contribution in [3.05, 3.63) is 23.8 Å². The number of hydrogen-bond donors (Lipinski definition) is 3. The molecule has 5 heteroatoms. The normalized spacial score (nSPS) is 18.5. The number of hydrogen-bond acceptors (Lipinski definition) is 4. The summed E-state index contributed by atoms with van der Waals surface area (Å²) in [6.07, 6.45) is 4.79. The van der Waals surface area contributed by atoms with Crippen LogP contribution in [-0.2, 0) is 4.74 Å². The van der Waals surface area contributed by atoms with Gasteiger partial charge in [0.15, 0.2) is 0 Å². The maximum absolute atomic E-state index is 11.4. The van der Waals surface area contributed by atoms with Crippen molar-refractivity contribution in [2.45, 2.75) is 51.4 Å². The third-order valence-corrected chi connectivity index (χ3v) is 2.58. The molecule has 0 aliphatic heterocycles. The average molecular weight is 269 g/mol. The summed E-state index contributed by atoms with van der Waals surface area (Å²) in [5.41, 5.74) is 0.104. The maximum Gasteiger partial charge on any atom is 0.407 e. The summed E-state index contributed by atoms with van der Waals surface area (Å²) in [7, 11) is 0. The predicted molar refractivity (Wildman–Crippen MR) is 72.7 cm³/mol. The third kappa shape index (κ3) is 5.89. The molecule has 0 spiro atoms. The van der Waals surface area contributed by atoms with Crippen LogP contribution in [0.4, 0.5) is 4.79 Å². The summed E-state index contributed by atoms with van der Waals surface area (Å²) in [5.74, 6) is 0. The Kier molecular flexibility index (Phi) is 5.57. The lowest BCUT2D eigenvalue weighted by Gasteiger charge is -2.23. The fourth-order valence-corrected chi connectivity index (χ4v) is 1.69. The minimum Gasteiger partial charge on any atom is -0.444 e. The highest BCUT2D eigenvalue weighted by molar-refractivity contribution is 5.67. The first-order chi connectivity index (χ1) is 8.79. The van der Waals surface area contributed by atoms with E-state index in [0.29, 0.717) is 5.57 Å². The van der Waals surface area contributed by atoms with Gasteiger partial charge in [-0.1, -0.05) is 18.2 Å². The summed E-state index contributed by atoms with van der Waals surface area (Å²) in [4.78, 5) is 11.4. The topological polar surface area (TPSA) is 78.8 Å². The van der Waals surface area contributed by atoms with Gasteiger partial charge in [-0.3, -0.25) is 0 Å². The van der Waals surface area contributed by atoms with Crippen LogP contribution in [0.1, 0.15) is 33.6 Å². The number of carbonyl (C=O) groups excluding carboxylic acids is 1. The minimum absolute atomic E-state index is 0.0543. The van der Waals surface area contributed by atoms with E-state index in [1.54, 1.807) is 26.8 Å². The molecule has 1 aliphatic rings. The van der Waals surface area contributed by atoms with Gasteiger partial charge >= 0.3 is 6.09 Å². The average Bonchev–Trinajstić information content (AvgIpc) is 2.34. The zero-order chi connectivity index (χ0) is 14.5.